The number of rotatable bonds is 4. The van der Waals surface area contributed by atoms with Crippen LogP contribution in [0.4, 0.5) is 25.8 Å². The average molecular weight is 862 g/mol. The van der Waals surface area contributed by atoms with E-state index in [1.165, 1.54) is 12.1 Å². The number of aryl methyl sites for hydroxylation is 2. The van der Waals surface area contributed by atoms with Crippen molar-refractivity contribution in [1.29, 1.82) is 0 Å². The van der Waals surface area contributed by atoms with Gasteiger partial charge in [-0.2, -0.15) is 10.1 Å². The Kier molecular flexibility index (Phi) is 11.0. The largest absolute Gasteiger partial charge is 0.477 e. The molecule has 4 amide bonds. The summed E-state index contributed by atoms with van der Waals surface area (Å²) in [6, 6.07) is 12.3. The maximum absolute atomic E-state index is 15.5. The Bertz CT molecular complexity index is 2520. The summed E-state index contributed by atoms with van der Waals surface area (Å²) in [5.74, 6) is -3.12. The number of carbonyl (C=O) groups is 4. The van der Waals surface area contributed by atoms with Crippen molar-refractivity contribution in [2.45, 2.75) is 78.1 Å². The summed E-state index contributed by atoms with van der Waals surface area (Å²) < 4.78 is 38.9. The van der Waals surface area contributed by atoms with Crippen LogP contribution in [0.5, 0.6) is 5.88 Å². The number of likely N-dealkylation sites (tertiary alicyclic amines) is 1. The fourth-order valence-electron chi connectivity index (χ4n) is 10.0. The number of aliphatic imine (C=N–C) groups is 1. The number of piperidine rings is 2. The van der Waals surface area contributed by atoms with Gasteiger partial charge in [-0.3, -0.25) is 29.5 Å². The van der Waals surface area contributed by atoms with Crippen LogP contribution in [0.15, 0.2) is 53.7 Å². The normalized spacial score (nSPS) is 23.7. The number of pyridine rings is 1. The van der Waals surface area contributed by atoms with Crippen LogP contribution < -0.4 is 25.2 Å². The Morgan fingerprint density at radius 3 is 2.46 bits per heavy atom. The van der Waals surface area contributed by atoms with Crippen LogP contribution in [0.2, 0.25) is 0 Å². The van der Waals surface area contributed by atoms with E-state index in [9.17, 15) is 19.2 Å². The zero-order valence-electron chi connectivity index (χ0n) is 36.3. The maximum atomic E-state index is 15.5. The van der Waals surface area contributed by atoms with Gasteiger partial charge in [0.15, 0.2) is 0 Å². The van der Waals surface area contributed by atoms with E-state index in [-0.39, 0.29) is 42.1 Å². The lowest BCUT2D eigenvalue weighted by molar-refractivity contribution is -0.139. The summed E-state index contributed by atoms with van der Waals surface area (Å²) in [5.41, 5.74) is 4.92. The molecule has 14 nitrogen and oxygen atoms in total. The molecule has 3 saturated heterocycles. The molecule has 0 unspecified atom stereocenters. The second-order valence-corrected chi connectivity index (χ2v) is 18.6. The number of ether oxygens (including phenoxy) is 1. The van der Waals surface area contributed by atoms with Crippen LogP contribution in [0.3, 0.4) is 0 Å². The number of benzene rings is 2. The van der Waals surface area contributed by atoms with E-state index in [0.717, 1.165) is 48.2 Å². The van der Waals surface area contributed by atoms with Gasteiger partial charge in [0.25, 0.3) is 5.91 Å². The minimum Gasteiger partial charge on any atom is -0.477 e. The molecule has 5 aliphatic rings. The zero-order chi connectivity index (χ0) is 44.3. The number of hydrogen-bond acceptors (Lipinski definition) is 10. The SMILES string of the molecule is Cc1cc2cc(n1)-c1cnn(C)c1OCCC[C@@H](C)CN1/C(=N/C2=O)Nc2ccc(C3CCN(C(=O)[C@H]4CN(c5cc(F)c([C@H]6CCC(=O)NC6=O)c(F)c5)CC4(C)C)CC3)cc21. The van der Waals surface area contributed by atoms with Gasteiger partial charge in [-0.15, -0.1) is 0 Å². The van der Waals surface area contributed by atoms with E-state index in [0.29, 0.717) is 73.8 Å². The minimum atomic E-state index is -1.08. The summed E-state index contributed by atoms with van der Waals surface area (Å²) >= 11 is 0. The Morgan fingerprint density at radius 2 is 1.71 bits per heavy atom. The van der Waals surface area contributed by atoms with Gasteiger partial charge >= 0.3 is 0 Å². The summed E-state index contributed by atoms with van der Waals surface area (Å²) in [6.45, 7) is 11.1. The molecule has 4 aromatic rings. The fraction of sp³-hybridized carbons (Fsp3) is 0.468. The number of hydrogen-bond donors (Lipinski definition) is 2. The quantitative estimate of drug-likeness (QED) is 0.212. The van der Waals surface area contributed by atoms with Crippen LogP contribution in [0.25, 0.3) is 11.3 Å². The van der Waals surface area contributed by atoms with E-state index < -0.39 is 40.7 Å². The number of guanidine groups is 1. The molecule has 3 fully saturated rings. The first-order valence-corrected chi connectivity index (χ1v) is 21.9. The highest BCUT2D eigenvalue weighted by Crippen LogP contribution is 2.43. The molecule has 5 aliphatic heterocycles. The molecule has 0 spiro atoms. The number of fused-ring (bicyclic) bond motifs is 7. The van der Waals surface area contributed by atoms with Crippen molar-refractivity contribution < 1.29 is 32.7 Å². The van der Waals surface area contributed by atoms with Crippen molar-refractivity contribution in [3.8, 4) is 17.1 Å². The standard InChI is InChI=1S/C47H53F2N9O5/c1-26-7-6-16-63-45-33(22-50-55(45)5)38-18-30(17-27(2)51-38)42(60)54-46-52-37-10-8-29(19-39(37)58(46)23-26)28-12-14-56(15-13-28)44(62)34-24-57(25-47(34,3)4)31-20-35(48)41(36(49)21-31)32-9-11-40(59)53-43(32)61/h8,10,17-22,26,28,32,34H,6-7,9,11-16,23-25H2,1-5H3,(H,52,54,60)(H,53,59,61)/t26-,32-,34-/m1/s1. The predicted octanol–water partition coefficient (Wildman–Crippen LogP) is 6.69. The van der Waals surface area contributed by atoms with Crippen LogP contribution >= 0.6 is 0 Å². The lowest BCUT2D eigenvalue weighted by Crippen LogP contribution is -2.45. The Balaban J connectivity index is 0.890. The van der Waals surface area contributed by atoms with Crippen LogP contribution in [0.1, 0.15) is 98.3 Å². The van der Waals surface area contributed by atoms with Gasteiger partial charge in [-0.1, -0.05) is 26.8 Å². The number of nitrogens with zero attached hydrogens (tertiary/aromatic N) is 7. The third-order valence-electron chi connectivity index (χ3n) is 13.5. The Morgan fingerprint density at radius 1 is 0.952 bits per heavy atom. The Hall–Kier alpha value is -6.19. The van der Waals surface area contributed by atoms with Gasteiger partial charge < -0.3 is 24.8 Å². The molecular weight excluding hydrogens is 809 g/mol. The van der Waals surface area contributed by atoms with E-state index in [2.05, 4.69) is 50.7 Å². The van der Waals surface area contributed by atoms with Gasteiger partial charge in [-0.05, 0) is 98.2 Å². The third kappa shape index (κ3) is 8.15. The molecule has 9 rings (SSSR count). The molecule has 0 saturated carbocycles. The first kappa shape index (κ1) is 42.1. The molecule has 63 heavy (non-hydrogen) atoms. The summed E-state index contributed by atoms with van der Waals surface area (Å²) in [4.78, 5) is 67.4. The van der Waals surface area contributed by atoms with Crippen molar-refractivity contribution in [1.82, 2.24) is 25.0 Å². The van der Waals surface area contributed by atoms with Crippen LogP contribution in [-0.2, 0) is 21.4 Å². The van der Waals surface area contributed by atoms with Crippen molar-refractivity contribution in [2.24, 2.45) is 29.3 Å². The van der Waals surface area contributed by atoms with E-state index in [4.69, 9.17) is 9.72 Å². The Labute approximate surface area is 365 Å². The number of anilines is 3. The number of aromatic nitrogens is 3. The molecule has 2 aromatic heterocycles. The number of halogens is 2. The predicted molar refractivity (Wildman–Crippen MR) is 234 cm³/mol. The molecule has 3 atom stereocenters. The lowest BCUT2D eigenvalue weighted by atomic mass is 9.80. The zero-order valence-corrected chi connectivity index (χ0v) is 36.3. The fourth-order valence-corrected chi connectivity index (χ4v) is 10.0. The van der Waals surface area contributed by atoms with Gasteiger partial charge in [-0.25, -0.2) is 13.5 Å². The first-order chi connectivity index (χ1) is 30.1. The molecule has 0 aliphatic carbocycles. The minimum absolute atomic E-state index is 0.0151. The van der Waals surface area contributed by atoms with Gasteiger partial charge in [0, 0.05) is 68.7 Å². The summed E-state index contributed by atoms with van der Waals surface area (Å²) in [5, 5.41) is 10.0. The average Bonchev–Trinajstić information content (AvgIpc) is 3.89. The monoisotopic (exact) mass is 861 g/mol. The highest BCUT2D eigenvalue weighted by Gasteiger charge is 2.46. The van der Waals surface area contributed by atoms with Gasteiger partial charge in [0.2, 0.25) is 29.6 Å². The van der Waals surface area contributed by atoms with Crippen molar-refractivity contribution >= 4 is 46.7 Å². The van der Waals surface area contributed by atoms with E-state index in [1.807, 2.05) is 37.6 Å². The highest BCUT2D eigenvalue weighted by atomic mass is 19.1. The lowest BCUT2D eigenvalue weighted by Gasteiger charge is -2.36. The second-order valence-electron chi connectivity index (χ2n) is 18.6. The molecule has 16 heteroatoms. The van der Waals surface area contributed by atoms with Gasteiger partial charge in [0.05, 0.1) is 47.3 Å². The van der Waals surface area contributed by atoms with E-state index >= 15 is 8.78 Å². The highest BCUT2D eigenvalue weighted by molar-refractivity contribution is 6.19. The number of carbonyl (C=O) groups excluding carboxylic acids is 4. The van der Waals surface area contributed by atoms with Crippen LogP contribution in [0, 0.1) is 35.8 Å². The number of nitrogens with one attached hydrogen (secondary N) is 2. The maximum Gasteiger partial charge on any atom is 0.280 e. The molecule has 330 valence electrons. The first-order valence-electron chi connectivity index (χ1n) is 21.9. The molecule has 2 bridgehead atoms. The van der Waals surface area contributed by atoms with Crippen molar-refractivity contribution in [2.75, 3.05) is 54.4 Å². The van der Waals surface area contributed by atoms with Gasteiger partial charge in [0.1, 0.15) is 11.6 Å². The number of amides is 4. The van der Waals surface area contributed by atoms with E-state index in [1.54, 1.807) is 23.0 Å². The third-order valence-corrected chi connectivity index (χ3v) is 13.5. The molecule has 7 heterocycles. The van der Waals surface area contributed by atoms with Crippen LogP contribution in [-0.4, -0.2) is 88.6 Å². The molecule has 2 N–H and O–H groups in total. The number of imide groups is 1. The molecule has 2 aromatic carbocycles. The van der Waals surface area contributed by atoms with Crippen molar-refractivity contribution in [3.63, 3.8) is 0 Å². The second kappa shape index (κ2) is 16.5. The molecular formula is C47H53F2N9O5. The topological polar surface area (TPSA) is 154 Å². The summed E-state index contributed by atoms with van der Waals surface area (Å²) in [6.07, 6.45) is 5.01. The smallest absolute Gasteiger partial charge is 0.280 e. The summed E-state index contributed by atoms with van der Waals surface area (Å²) in [7, 11) is 1.83. The molecule has 0 radical (unpaired) electrons. The van der Waals surface area contributed by atoms with Crippen molar-refractivity contribution in [3.05, 3.63) is 82.7 Å².